The monoisotopic (exact) mass is 228 g/mol. The van der Waals surface area contributed by atoms with Gasteiger partial charge in [0.2, 0.25) is 11.9 Å². The lowest BCUT2D eigenvalue weighted by Crippen LogP contribution is -2.40. The van der Waals surface area contributed by atoms with Gasteiger partial charge in [0, 0.05) is 6.20 Å². The maximum atomic E-state index is 11.5. The zero-order valence-electron chi connectivity index (χ0n) is 8.57. The summed E-state index contributed by atoms with van der Waals surface area (Å²) in [7, 11) is 0. The Kier molecular flexibility index (Phi) is 3.99. The number of nitrogens with two attached hydrogens (primary N) is 1. The van der Waals surface area contributed by atoms with Gasteiger partial charge in [-0.05, 0) is 12.0 Å². The van der Waals surface area contributed by atoms with E-state index in [9.17, 15) is 4.79 Å². The molecule has 0 aliphatic carbocycles. The molecular weight excluding hydrogens is 216 g/mol. The highest BCUT2D eigenvalue weighted by Gasteiger charge is 2.17. The van der Waals surface area contributed by atoms with Gasteiger partial charge < -0.3 is 5.73 Å². The summed E-state index contributed by atoms with van der Waals surface area (Å²) in [5, 5.41) is 2.77. The van der Waals surface area contributed by atoms with Crippen molar-refractivity contribution in [1.82, 2.24) is 9.97 Å². The van der Waals surface area contributed by atoms with Gasteiger partial charge in [-0.25, -0.2) is 9.97 Å². The van der Waals surface area contributed by atoms with E-state index in [1.165, 1.54) is 12.3 Å². The van der Waals surface area contributed by atoms with Crippen LogP contribution in [0.1, 0.15) is 13.8 Å². The Morgan fingerprint density at radius 2 is 2.27 bits per heavy atom. The summed E-state index contributed by atoms with van der Waals surface area (Å²) in [5.74, 6) is -0.0833. The van der Waals surface area contributed by atoms with Crippen molar-refractivity contribution in [2.75, 3.05) is 5.32 Å². The van der Waals surface area contributed by atoms with E-state index in [0.717, 1.165) is 0 Å². The van der Waals surface area contributed by atoms with Gasteiger partial charge in [0.1, 0.15) is 5.15 Å². The highest BCUT2D eigenvalue weighted by Crippen LogP contribution is 2.07. The molecule has 15 heavy (non-hydrogen) atoms. The summed E-state index contributed by atoms with van der Waals surface area (Å²) in [6.45, 7) is 3.73. The number of halogens is 1. The first-order valence-corrected chi connectivity index (χ1v) is 4.93. The van der Waals surface area contributed by atoms with Crippen LogP contribution in [0.15, 0.2) is 12.3 Å². The number of carbonyl (C=O) groups excluding carboxylic acids is 1. The van der Waals surface area contributed by atoms with Crippen LogP contribution in [-0.2, 0) is 4.79 Å². The molecule has 6 heteroatoms. The van der Waals surface area contributed by atoms with Crippen molar-refractivity contribution in [2.45, 2.75) is 19.9 Å². The highest BCUT2D eigenvalue weighted by atomic mass is 35.5. The van der Waals surface area contributed by atoms with Gasteiger partial charge in [0.15, 0.2) is 0 Å². The summed E-state index contributed by atoms with van der Waals surface area (Å²) >= 11 is 5.64. The number of rotatable bonds is 3. The average molecular weight is 229 g/mol. The van der Waals surface area contributed by atoms with Crippen LogP contribution >= 0.6 is 11.6 Å². The smallest absolute Gasteiger partial charge is 0.243 e. The largest absolute Gasteiger partial charge is 0.320 e. The molecule has 3 N–H and O–H groups in total. The van der Waals surface area contributed by atoms with Crippen LogP contribution < -0.4 is 11.1 Å². The Bertz CT molecular complexity index is 356. The third-order valence-corrected chi connectivity index (χ3v) is 2.09. The minimum Gasteiger partial charge on any atom is -0.320 e. The second kappa shape index (κ2) is 5.04. The number of carbonyl (C=O) groups is 1. The first-order chi connectivity index (χ1) is 7.00. The normalized spacial score (nSPS) is 12.6. The highest BCUT2D eigenvalue weighted by molar-refractivity contribution is 6.29. The summed E-state index contributed by atoms with van der Waals surface area (Å²) in [4.78, 5) is 19.2. The number of aromatic nitrogens is 2. The summed E-state index contributed by atoms with van der Waals surface area (Å²) in [5.41, 5.74) is 5.65. The minimum absolute atomic E-state index is 0.0594. The molecule has 1 unspecified atom stereocenters. The number of nitrogens with zero attached hydrogens (tertiary/aromatic N) is 2. The molecule has 0 spiro atoms. The number of nitrogens with one attached hydrogen (secondary N) is 1. The maximum absolute atomic E-state index is 11.5. The van der Waals surface area contributed by atoms with Gasteiger partial charge in [-0.3, -0.25) is 10.1 Å². The number of anilines is 1. The van der Waals surface area contributed by atoms with Crippen LogP contribution in [0, 0.1) is 5.92 Å². The standard InChI is InChI=1S/C9H13ClN4O/c1-5(2)7(11)8(15)14-9-12-4-3-6(10)13-9/h3-5,7H,11H2,1-2H3,(H,12,13,14,15). The van der Waals surface area contributed by atoms with Crippen molar-refractivity contribution in [2.24, 2.45) is 11.7 Å². The lowest BCUT2D eigenvalue weighted by Gasteiger charge is -2.14. The molecule has 1 aromatic rings. The molecule has 1 rings (SSSR count). The van der Waals surface area contributed by atoms with E-state index in [1.807, 2.05) is 13.8 Å². The zero-order chi connectivity index (χ0) is 11.4. The molecule has 5 nitrogen and oxygen atoms in total. The molecule has 1 amide bonds. The molecule has 0 aliphatic rings. The van der Waals surface area contributed by atoms with Gasteiger partial charge in [-0.2, -0.15) is 0 Å². The predicted octanol–water partition coefficient (Wildman–Crippen LogP) is 1.05. The van der Waals surface area contributed by atoms with Gasteiger partial charge in [0.05, 0.1) is 6.04 Å². The molecule has 0 fully saturated rings. The lowest BCUT2D eigenvalue weighted by molar-refractivity contribution is -0.118. The fourth-order valence-corrected chi connectivity index (χ4v) is 1.03. The Morgan fingerprint density at radius 3 is 2.80 bits per heavy atom. The third-order valence-electron chi connectivity index (χ3n) is 1.88. The van der Waals surface area contributed by atoms with Gasteiger partial charge >= 0.3 is 0 Å². The van der Waals surface area contributed by atoms with Crippen molar-refractivity contribution in [3.63, 3.8) is 0 Å². The van der Waals surface area contributed by atoms with Gasteiger partial charge in [-0.15, -0.1) is 0 Å². The molecule has 0 saturated heterocycles. The second-order valence-electron chi connectivity index (χ2n) is 3.46. The fourth-order valence-electron chi connectivity index (χ4n) is 0.893. The summed E-state index contributed by atoms with van der Waals surface area (Å²) in [6, 6.07) is 0.951. The Morgan fingerprint density at radius 1 is 1.60 bits per heavy atom. The summed E-state index contributed by atoms with van der Waals surface area (Å²) < 4.78 is 0. The first-order valence-electron chi connectivity index (χ1n) is 4.55. The van der Waals surface area contributed by atoms with Crippen LogP contribution in [0.25, 0.3) is 0 Å². The van der Waals surface area contributed by atoms with Crippen molar-refractivity contribution in [3.8, 4) is 0 Å². The molecule has 0 aromatic carbocycles. The lowest BCUT2D eigenvalue weighted by atomic mass is 10.1. The predicted molar refractivity (Wildman–Crippen MR) is 58.5 cm³/mol. The average Bonchev–Trinajstić information content (AvgIpc) is 2.16. The molecule has 0 aliphatic heterocycles. The van der Waals surface area contributed by atoms with E-state index in [1.54, 1.807) is 0 Å². The van der Waals surface area contributed by atoms with E-state index in [4.69, 9.17) is 17.3 Å². The second-order valence-corrected chi connectivity index (χ2v) is 3.85. The molecular formula is C9H13ClN4O. The van der Waals surface area contributed by atoms with Crippen LogP contribution in [0.5, 0.6) is 0 Å². The zero-order valence-corrected chi connectivity index (χ0v) is 9.32. The van der Waals surface area contributed by atoms with Crippen molar-refractivity contribution < 1.29 is 4.79 Å². The van der Waals surface area contributed by atoms with Crippen LogP contribution in [0.2, 0.25) is 5.15 Å². The fraction of sp³-hybridized carbons (Fsp3) is 0.444. The number of hydrogen-bond acceptors (Lipinski definition) is 4. The number of amides is 1. The van der Waals surface area contributed by atoms with Crippen LogP contribution in [0.3, 0.4) is 0 Å². The Labute approximate surface area is 93.0 Å². The van der Waals surface area contributed by atoms with E-state index < -0.39 is 6.04 Å². The van der Waals surface area contributed by atoms with E-state index in [2.05, 4.69) is 15.3 Å². The molecule has 1 heterocycles. The molecule has 1 aromatic heterocycles. The number of hydrogen-bond donors (Lipinski definition) is 2. The van der Waals surface area contributed by atoms with Crippen molar-refractivity contribution in [3.05, 3.63) is 17.4 Å². The first kappa shape index (κ1) is 11.9. The molecule has 0 bridgehead atoms. The Hall–Kier alpha value is -1.20. The molecule has 0 radical (unpaired) electrons. The topological polar surface area (TPSA) is 80.9 Å². The maximum Gasteiger partial charge on any atom is 0.243 e. The van der Waals surface area contributed by atoms with Crippen molar-refractivity contribution in [1.29, 1.82) is 0 Å². The molecule has 0 saturated carbocycles. The van der Waals surface area contributed by atoms with E-state index in [0.29, 0.717) is 0 Å². The van der Waals surface area contributed by atoms with E-state index in [-0.39, 0.29) is 22.9 Å². The third kappa shape index (κ3) is 3.45. The van der Waals surface area contributed by atoms with E-state index >= 15 is 0 Å². The van der Waals surface area contributed by atoms with Gasteiger partial charge in [-0.1, -0.05) is 25.4 Å². The summed E-state index contributed by atoms with van der Waals surface area (Å²) in [6.07, 6.45) is 1.46. The quantitative estimate of drug-likeness (QED) is 0.758. The molecule has 1 atom stereocenters. The minimum atomic E-state index is -0.576. The molecule has 82 valence electrons. The van der Waals surface area contributed by atoms with Crippen LogP contribution in [0.4, 0.5) is 5.95 Å². The van der Waals surface area contributed by atoms with Crippen LogP contribution in [-0.4, -0.2) is 21.9 Å². The SMILES string of the molecule is CC(C)C(N)C(=O)Nc1nccc(Cl)n1. The Balaban J connectivity index is 2.66. The van der Waals surface area contributed by atoms with Gasteiger partial charge in [0.25, 0.3) is 0 Å². The van der Waals surface area contributed by atoms with Crippen molar-refractivity contribution >= 4 is 23.5 Å².